The first kappa shape index (κ1) is 15.3. The average Bonchev–Trinajstić information content (AvgIpc) is 2.55. The van der Waals surface area contributed by atoms with E-state index >= 15 is 0 Å². The summed E-state index contributed by atoms with van der Waals surface area (Å²) in [5, 5.41) is 0. The van der Waals surface area contributed by atoms with Gasteiger partial charge in [-0.1, -0.05) is 12.2 Å². The largest absolute Gasteiger partial charge is 0.357 e. The van der Waals surface area contributed by atoms with Gasteiger partial charge >= 0.3 is 0 Å². The van der Waals surface area contributed by atoms with Gasteiger partial charge in [-0.3, -0.25) is 4.79 Å². The van der Waals surface area contributed by atoms with Crippen molar-refractivity contribution in [3.63, 3.8) is 0 Å². The summed E-state index contributed by atoms with van der Waals surface area (Å²) in [6.45, 7) is 10.5. The van der Waals surface area contributed by atoms with Crippen LogP contribution in [0.2, 0.25) is 0 Å². The maximum absolute atomic E-state index is 12.4. The van der Waals surface area contributed by atoms with Gasteiger partial charge in [0.15, 0.2) is 0 Å². The molecule has 0 atom stereocenters. The van der Waals surface area contributed by atoms with Crippen molar-refractivity contribution in [2.75, 3.05) is 31.1 Å². The van der Waals surface area contributed by atoms with E-state index < -0.39 is 0 Å². The van der Waals surface area contributed by atoms with Crippen molar-refractivity contribution in [2.24, 2.45) is 0 Å². The van der Waals surface area contributed by atoms with E-state index in [0.717, 1.165) is 18.9 Å². The minimum Gasteiger partial charge on any atom is -0.357 e. The highest BCUT2D eigenvalue weighted by molar-refractivity contribution is 5.94. The fraction of sp³-hybridized carbons (Fsp3) is 0.412. The van der Waals surface area contributed by atoms with E-state index in [4.69, 9.17) is 0 Å². The number of nitrogens with zero attached hydrogens (tertiary/aromatic N) is 3. The molecule has 1 saturated heterocycles. The molecular formula is C17H23N3O. The van der Waals surface area contributed by atoms with Crippen LogP contribution >= 0.6 is 0 Å². The maximum Gasteiger partial charge on any atom is 0.255 e. The minimum absolute atomic E-state index is 0.0347. The van der Waals surface area contributed by atoms with Crippen LogP contribution in [0.1, 0.15) is 29.6 Å². The standard InChI is InChI=1S/C17H23N3O/c1-3-10-20(11-4-2)17(21)15-8-9-16(18-14-15)19-12-6-5-7-13-19/h3-4,8-9,14H,1-2,5-7,10-13H2. The van der Waals surface area contributed by atoms with Crippen LogP contribution in [0.5, 0.6) is 0 Å². The van der Waals surface area contributed by atoms with E-state index in [2.05, 4.69) is 23.0 Å². The zero-order valence-corrected chi connectivity index (χ0v) is 12.5. The topological polar surface area (TPSA) is 36.4 Å². The Labute approximate surface area is 126 Å². The number of hydrogen-bond acceptors (Lipinski definition) is 3. The highest BCUT2D eigenvalue weighted by Gasteiger charge is 2.16. The van der Waals surface area contributed by atoms with Crippen LogP contribution in [0.4, 0.5) is 5.82 Å². The fourth-order valence-electron chi connectivity index (χ4n) is 2.56. The Bertz CT molecular complexity index is 479. The van der Waals surface area contributed by atoms with E-state index in [9.17, 15) is 4.79 Å². The molecule has 2 rings (SSSR count). The summed E-state index contributed by atoms with van der Waals surface area (Å²) in [7, 11) is 0. The van der Waals surface area contributed by atoms with E-state index in [1.54, 1.807) is 23.2 Å². The zero-order chi connectivity index (χ0) is 15.1. The summed E-state index contributed by atoms with van der Waals surface area (Å²) >= 11 is 0. The van der Waals surface area contributed by atoms with Crippen LogP contribution < -0.4 is 4.90 Å². The van der Waals surface area contributed by atoms with Gasteiger partial charge in [0.2, 0.25) is 0 Å². The Kier molecular flexibility index (Phi) is 5.55. The van der Waals surface area contributed by atoms with Gasteiger partial charge in [0.1, 0.15) is 5.82 Å². The zero-order valence-electron chi connectivity index (χ0n) is 12.5. The van der Waals surface area contributed by atoms with Gasteiger partial charge in [0.25, 0.3) is 5.91 Å². The summed E-state index contributed by atoms with van der Waals surface area (Å²) in [4.78, 5) is 20.8. The van der Waals surface area contributed by atoms with E-state index in [0.29, 0.717) is 18.7 Å². The van der Waals surface area contributed by atoms with Crippen molar-refractivity contribution in [1.29, 1.82) is 0 Å². The molecule has 0 radical (unpaired) electrons. The van der Waals surface area contributed by atoms with Gasteiger partial charge in [-0.15, -0.1) is 13.2 Å². The summed E-state index contributed by atoms with van der Waals surface area (Å²) < 4.78 is 0. The van der Waals surface area contributed by atoms with Crippen molar-refractivity contribution in [2.45, 2.75) is 19.3 Å². The molecule has 112 valence electrons. The molecule has 1 aliphatic heterocycles. The lowest BCUT2D eigenvalue weighted by Gasteiger charge is -2.27. The smallest absolute Gasteiger partial charge is 0.255 e. The summed E-state index contributed by atoms with van der Waals surface area (Å²) in [5.74, 6) is 0.928. The molecule has 1 aromatic rings. The number of aromatic nitrogens is 1. The van der Waals surface area contributed by atoms with Crippen LogP contribution in [0.25, 0.3) is 0 Å². The minimum atomic E-state index is -0.0347. The van der Waals surface area contributed by atoms with Gasteiger partial charge in [0, 0.05) is 32.4 Å². The highest BCUT2D eigenvalue weighted by Crippen LogP contribution is 2.18. The van der Waals surface area contributed by atoms with Crippen molar-refractivity contribution in [3.8, 4) is 0 Å². The number of amides is 1. The second-order valence-corrected chi connectivity index (χ2v) is 5.24. The van der Waals surface area contributed by atoms with Gasteiger partial charge < -0.3 is 9.80 Å². The van der Waals surface area contributed by atoms with Crippen LogP contribution in [-0.4, -0.2) is 42.0 Å². The predicted octanol–water partition coefficient (Wildman–Crippen LogP) is 2.89. The normalized spacial score (nSPS) is 14.6. The summed E-state index contributed by atoms with van der Waals surface area (Å²) in [5.41, 5.74) is 0.611. The number of carbonyl (C=O) groups excluding carboxylic acids is 1. The molecule has 1 fully saturated rings. The lowest BCUT2D eigenvalue weighted by atomic mass is 10.1. The van der Waals surface area contributed by atoms with E-state index in [-0.39, 0.29) is 5.91 Å². The highest BCUT2D eigenvalue weighted by atomic mass is 16.2. The molecule has 0 spiro atoms. The first-order valence-corrected chi connectivity index (χ1v) is 7.48. The molecule has 0 unspecified atom stereocenters. The van der Waals surface area contributed by atoms with Gasteiger partial charge in [-0.25, -0.2) is 4.98 Å². The lowest BCUT2D eigenvalue weighted by Crippen LogP contribution is -2.32. The molecule has 1 aliphatic rings. The maximum atomic E-state index is 12.4. The van der Waals surface area contributed by atoms with Crippen LogP contribution in [-0.2, 0) is 0 Å². The molecule has 4 heteroatoms. The first-order chi connectivity index (χ1) is 10.3. The molecule has 0 saturated carbocycles. The molecule has 0 bridgehead atoms. The molecule has 0 aromatic carbocycles. The second kappa shape index (κ2) is 7.62. The number of piperidine rings is 1. The number of rotatable bonds is 6. The van der Waals surface area contributed by atoms with Crippen molar-refractivity contribution >= 4 is 11.7 Å². The van der Waals surface area contributed by atoms with Crippen LogP contribution in [0, 0.1) is 0 Å². The molecule has 0 N–H and O–H groups in total. The van der Waals surface area contributed by atoms with E-state index in [1.807, 2.05) is 12.1 Å². The summed E-state index contributed by atoms with van der Waals surface area (Å²) in [6.07, 6.45) is 8.84. The number of carbonyl (C=O) groups is 1. The molecule has 21 heavy (non-hydrogen) atoms. The SMILES string of the molecule is C=CCN(CC=C)C(=O)c1ccc(N2CCCCC2)nc1. The van der Waals surface area contributed by atoms with Gasteiger partial charge in [-0.2, -0.15) is 0 Å². The second-order valence-electron chi connectivity index (χ2n) is 5.24. The fourth-order valence-corrected chi connectivity index (χ4v) is 2.56. The average molecular weight is 285 g/mol. The Balaban J connectivity index is 2.07. The molecule has 0 aliphatic carbocycles. The quantitative estimate of drug-likeness (QED) is 0.754. The molecule has 4 nitrogen and oxygen atoms in total. The van der Waals surface area contributed by atoms with Gasteiger partial charge in [0.05, 0.1) is 5.56 Å². The number of pyridine rings is 1. The lowest BCUT2D eigenvalue weighted by molar-refractivity contribution is 0.0790. The van der Waals surface area contributed by atoms with Gasteiger partial charge in [-0.05, 0) is 31.4 Å². The molecule has 2 heterocycles. The Morgan fingerprint density at radius 1 is 1.19 bits per heavy atom. The van der Waals surface area contributed by atoms with Crippen molar-refractivity contribution < 1.29 is 4.79 Å². The number of anilines is 1. The molecule has 1 aromatic heterocycles. The monoisotopic (exact) mass is 285 g/mol. The Morgan fingerprint density at radius 2 is 1.86 bits per heavy atom. The molecular weight excluding hydrogens is 262 g/mol. The Morgan fingerprint density at radius 3 is 2.38 bits per heavy atom. The molecule has 1 amide bonds. The van der Waals surface area contributed by atoms with Crippen molar-refractivity contribution in [1.82, 2.24) is 9.88 Å². The summed E-state index contributed by atoms with van der Waals surface area (Å²) in [6, 6.07) is 3.80. The predicted molar refractivity (Wildman–Crippen MR) is 86.6 cm³/mol. The van der Waals surface area contributed by atoms with Crippen molar-refractivity contribution in [3.05, 3.63) is 49.2 Å². The van der Waals surface area contributed by atoms with Crippen LogP contribution in [0.3, 0.4) is 0 Å². The number of hydrogen-bond donors (Lipinski definition) is 0. The third-order valence-electron chi connectivity index (χ3n) is 3.66. The third kappa shape index (κ3) is 3.94. The van der Waals surface area contributed by atoms with Crippen LogP contribution in [0.15, 0.2) is 43.6 Å². The third-order valence-corrected chi connectivity index (χ3v) is 3.66. The first-order valence-electron chi connectivity index (χ1n) is 7.48. The Hall–Kier alpha value is -2.10. The van der Waals surface area contributed by atoms with E-state index in [1.165, 1.54) is 19.3 Å².